The van der Waals surface area contributed by atoms with Gasteiger partial charge in [0, 0.05) is 18.4 Å². The van der Waals surface area contributed by atoms with Gasteiger partial charge in [-0.1, -0.05) is 32.3 Å². The third kappa shape index (κ3) is 3.53. The van der Waals surface area contributed by atoms with Gasteiger partial charge in [0.05, 0.1) is 0 Å². The summed E-state index contributed by atoms with van der Waals surface area (Å²) in [6.07, 6.45) is 5.35. The van der Waals surface area contributed by atoms with E-state index in [1.54, 1.807) is 0 Å². The Morgan fingerprint density at radius 2 is 2.12 bits per heavy atom. The highest BCUT2D eigenvalue weighted by molar-refractivity contribution is 5.00. The number of hydrogen-bond acceptors (Lipinski definition) is 4. The van der Waals surface area contributed by atoms with Gasteiger partial charge in [-0.05, 0) is 24.7 Å². The first-order valence-corrected chi connectivity index (χ1v) is 6.52. The summed E-state index contributed by atoms with van der Waals surface area (Å²) in [5, 5.41) is 4.05. The van der Waals surface area contributed by atoms with Crippen molar-refractivity contribution < 1.29 is 4.52 Å². The zero-order valence-corrected chi connectivity index (χ0v) is 11.1. The van der Waals surface area contributed by atoms with Crippen molar-refractivity contribution in [3.8, 4) is 0 Å². The van der Waals surface area contributed by atoms with Crippen molar-refractivity contribution in [3.05, 3.63) is 11.7 Å². The third-order valence-corrected chi connectivity index (χ3v) is 3.27. The second kappa shape index (κ2) is 4.77. The van der Waals surface area contributed by atoms with Crippen molar-refractivity contribution in [1.82, 2.24) is 10.1 Å². The van der Waals surface area contributed by atoms with Crippen LogP contribution in [0.5, 0.6) is 0 Å². The molecule has 4 heteroatoms. The van der Waals surface area contributed by atoms with Crippen LogP contribution in [0.3, 0.4) is 0 Å². The molecule has 4 nitrogen and oxygen atoms in total. The highest BCUT2D eigenvalue weighted by Gasteiger charge is 2.25. The topological polar surface area (TPSA) is 64.9 Å². The molecule has 2 rings (SSSR count). The molecule has 0 aliphatic heterocycles. The maximum absolute atomic E-state index is 6.10. The van der Waals surface area contributed by atoms with Crippen LogP contribution in [-0.4, -0.2) is 16.2 Å². The first-order chi connectivity index (χ1) is 7.94. The van der Waals surface area contributed by atoms with Crippen LogP contribution in [0.15, 0.2) is 4.52 Å². The molecule has 1 aromatic heterocycles. The number of aromatic nitrogens is 2. The second-order valence-corrected chi connectivity index (χ2v) is 6.40. The molecule has 1 aromatic rings. The monoisotopic (exact) mass is 237 g/mol. The van der Waals surface area contributed by atoms with E-state index in [2.05, 4.69) is 30.9 Å². The predicted molar refractivity (Wildman–Crippen MR) is 66.6 cm³/mol. The van der Waals surface area contributed by atoms with E-state index in [0.29, 0.717) is 18.2 Å². The van der Waals surface area contributed by atoms with Crippen LogP contribution in [0.25, 0.3) is 0 Å². The van der Waals surface area contributed by atoms with Gasteiger partial charge in [-0.3, -0.25) is 0 Å². The highest BCUT2D eigenvalue weighted by atomic mass is 16.5. The molecule has 0 radical (unpaired) electrons. The minimum Gasteiger partial charge on any atom is -0.339 e. The average molecular weight is 237 g/mol. The van der Waals surface area contributed by atoms with Crippen molar-refractivity contribution in [3.63, 3.8) is 0 Å². The van der Waals surface area contributed by atoms with E-state index in [9.17, 15) is 0 Å². The summed E-state index contributed by atoms with van der Waals surface area (Å²) in [7, 11) is 0. The first kappa shape index (κ1) is 12.6. The molecule has 0 aromatic carbocycles. The van der Waals surface area contributed by atoms with Crippen molar-refractivity contribution in [1.29, 1.82) is 0 Å². The zero-order valence-electron chi connectivity index (χ0n) is 11.1. The summed E-state index contributed by atoms with van der Waals surface area (Å²) in [4.78, 5) is 4.44. The summed E-state index contributed by atoms with van der Waals surface area (Å²) in [5.41, 5.74) is 6.34. The second-order valence-electron chi connectivity index (χ2n) is 6.40. The maximum atomic E-state index is 6.10. The van der Waals surface area contributed by atoms with E-state index < -0.39 is 0 Å². The Balaban J connectivity index is 1.87. The molecule has 0 amide bonds. The fourth-order valence-electron chi connectivity index (χ4n) is 2.27. The van der Waals surface area contributed by atoms with Gasteiger partial charge in [0.2, 0.25) is 5.89 Å². The van der Waals surface area contributed by atoms with E-state index >= 15 is 0 Å². The smallest absolute Gasteiger partial charge is 0.228 e. The van der Waals surface area contributed by atoms with Gasteiger partial charge < -0.3 is 10.3 Å². The molecule has 1 unspecified atom stereocenters. The Morgan fingerprint density at radius 1 is 1.41 bits per heavy atom. The Morgan fingerprint density at radius 3 is 2.65 bits per heavy atom. The Bertz CT molecular complexity index is 363. The van der Waals surface area contributed by atoms with E-state index in [4.69, 9.17) is 10.3 Å². The summed E-state index contributed by atoms with van der Waals surface area (Å²) in [6.45, 7) is 6.58. The normalized spacial score (nSPS) is 19.1. The molecule has 1 fully saturated rings. The van der Waals surface area contributed by atoms with Crippen molar-refractivity contribution in [2.24, 2.45) is 11.1 Å². The van der Waals surface area contributed by atoms with Gasteiger partial charge >= 0.3 is 0 Å². The number of rotatable bonds is 4. The van der Waals surface area contributed by atoms with Gasteiger partial charge in [0.25, 0.3) is 0 Å². The number of hydrogen-bond donors (Lipinski definition) is 1. The molecule has 0 spiro atoms. The van der Waals surface area contributed by atoms with Crippen LogP contribution in [0.1, 0.15) is 64.1 Å². The lowest BCUT2D eigenvalue weighted by atomic mass is 9.85. The minimum atomic E-state index is 0.102. The molecule has 0 bridgehead atoms. The fraction of sp³-hybridized carbons (Fsp3) is 0.846. The maximum Gasteiger partial charge on any atom is 0.228 e. The summed E-state index contributed by atoms with van der Waals surface area (Å²) < 4.78 is 5.27. The molecule has 1 aliphatic carbocycles. The van der Waals surface area contributed by atoms with Crippen LogP contribution in [0.2, 0.25) is 0 Å². The van der Waals surface area contributed by atoms with Gasteiger partial charge in [0.1, 0.15) is 0 Å². The standard InChI is InChI=1S/C13H23N3O/c1-13(2,3)8-10(14)7-11-15-12(16-17-11)9-5-4-6-9/h9-10H,4-8,14H2,1-3H3. The lowest BCUT2D eigenvalue weighted by Crippen LogP contribution is -2.28. The molecule has 1 atom stereocenters. The molecular weight excluding hydrogens is 214 g/mol. The van der Waals surface area contributed by atoms with E-state index in [1.807, 2.05) is 0 Å². The van der Waals surface area contributed by atoms with Crippen molar-refractivity contribution in [2.75, 3.05) is 0 Å². The molecule has 1 aliphatic rings. The van der Waals surface area contributed by atoms with Crippen LogP contribution in [0.4, 0.5) is 0 Å². The van der Waals surface area contributed by atoms with E-state index in [-0.39, 0.29) is 11.5 Å². The zero-order chi connectivity index (χ0) is 12.5. The minimum absolute atomic E-state index is 0.102. The molecule has 96 valence electrons. The highest BCUT2D eigenvalue weighted by Crippen LogP contribution is 2.34. The van der Waals surface area contributed by atoms with Crippen LogP contribution in [0, 0.1) is 5.41 Å². The fourth-order valence-corrected chi connectivity index (χ4v) is 2.27. The molecule has 17 heavy (non-hydrogen) atoms. The quantitative estimate of drug-likeness (QED) is 0.874. The lowest BCUT2D eigenvalue weighted by molar-refractivity contribution is 0.309. The molecule has 2 N–H and O–H groups in total. The van der Waals surface area contributed by atoms with Gasteiger partial charge in [-0.15, -0.1) is 0 Å². The van der Waals surface area contributed by atoms with Gasteiger partial charge in [0.15, 0.2) is 5.82 Å². The lowest BCUT2D eigenvalue weighted by Gasteiger charge is -2.22. The third-order valence-electron chi connectivity index (χ3n) is 3.27. The Labute approximate surface area is 103 Å². The Hall–Kier alpha value is -0.900. The van der Waals surface area contributed by atoms with Crippen molar-refractivity contribution >= 4 is 0 Å². The largest absolute Gasteiger partial charge is 0.339 e. The van der Waals surface area contributed by atoms with E-state index in [0.717, 1.165) is 12.2 Å². The number of nitrogens with two attached hydrogens (primary N) is 1. The summed E-state index contributed by atoms with van der Waals surface area (Å²) in [5.74, 6) is 2.11. The van der Waals surface area contributed by atoms with Crippen LogP contribution >= 0.6 is 0 Å². The Kier molecular flexibility index (Phi) is 3.52. The van der Waals surface area contributed by atoms with Crippen molar-refractivity contribution in [2.45, 2.75) is 64.8 Å². The number of nitrogens with zero attached hydrogens (tertiary/aromatic N) is 2. The van der Waals surface area contributed by atoms with Crippen LogP contribution < -0.4 is 5.73 Å². The molecule has 1 saturated carbocycles. The first-order valence-electron chi connectivity index (χ1n) is 6.52. The van der Waals surface area contributed by atoms with Crippen LogP contribution in [-0.2, 0) is 6.42 Å². The predicted octanol–water partition coefficient (Wildman–Crippen LogP) is 2.64. The summed E-state index contributed by atoms with van der Waals surface area (Å²) in [6, 6.07) is 0.102. The SMILES string of the molecule is CC(C)(C)CC(N)Cc1nc(C2CCC2)no1. The van der Waals surface area contributed by atoms with Gasteiger partial charge in [-0.2, -0.15) is 4.98 Å². The summed E-state index contributed by atoms with van der Waals surface area (Å²) >= 11 is 0. The molecular formula is C13H23N3O. The van der Waals surface area contributed by atoms with Gasteiger partial charge in [-0.25, -0.2) is 0 Å². The molecule has 0 saturated heterocycles. The molecule has 1 heterocycles. The van der Waals surface area contributed by atoms with E-state index in [1.165, 1.54) is 19.3 Å². The average Bonchev–Trinajstić information content (AvgIpc) is 2.45.